The summed E-state index contributed by atoms with van der Waals surface area (Å²) in [6.07, 6.45) is 0. The molecule has 0 aliphatic rings. The number of nitrogens with two attached hydrogens (primary N) is 1. The van der Waals surface area contributed by atoms with Gasteiger partial charge in [0.1, 0.15) is 11.5 Å². The quantitative estimate of drug-likeness (QED) is 0.407. The van der Waals surface area contributed by atoms with Crippen LogP contribution in [-0.2, 0) is 0 Å². The van der Waals surface area contributed by atoms with E-state index in [9.17, 15) is 4.79 Å². The van der Waals surface area contributed by atoms with Crippen molar-refractivity contribution in [3.8, 4) is 11.5 Å². The lowest BCUT2D eigenvalue weighted by atomic mass is 10.2. The van der Waals surface area contributed by atoms with Gasteiger partial charge in [-0.3, -0.25) is 5.43 Å². The Morgan fingerprint density at radius 3 is 2.38 bits per heavy atom. The fourth-order valence-corrected chi connectivity index (χ4v) is 1.31. The summed E-state index contributed by atoms with van der Waals surface area (Å²) in [5.74, 6) is 6.18. The molecule has 6 nitrogen and oxygen atoms in total. The number of aryl methyl sites for hydroxylation is 1. The molecule has 0 bridgehead atoms. The molecular weight excluding hydrogens is 210 g/mol. The third-order valence-electron chi connectivity index (χ3n) is 2.10. The van der Waals surface area contributed by atoms with Crippen LogP contribution in [0.15, 0.2) is 12.1 Å². The zero-order chi connectivity index (χ0) is 12.1. The minimum atomic E-state index is -0.524. The highest BCUT2D eigenvalue weighted by Crippen LogP contribution is 2.32. The topological polar surface area (TPSA) is 85.6 Å². The smallest absolute Gasteiger partial charge is 0.333 e. The molecule has 0 heterocycles. The van der Waals surface area contributed by atoms with Crippen molar-refractivity contribution in [1.29, 1.82) is 0 Å². The Hall–Kier alpha value is -1.95. The number of methoxy groups -OCH3 is 2. The Morgan fingerprint density at radius 2 is 1.88 bits per heavy atom. The van der Waals surface area contributed by atoms with Crippen LogP contribution in [0.5, 0.6) is 11.5 Å². The molecule has 88 valence electrons. The van der Waals surface area contributed by atoms with Crippen molar-refractivity contribution in [2.24, 2.45) is 5.84 Å². The maximum Gasteiger partial charge on any atom is 0.333 e. The molecule has 0 unspecified atom stereocenters. The van der Waals surface area contributed by atoms with Gasteiger partial charge in [-0.2, -0.15) is 0 Å². The van der Waals surface area contributed by atoms with E-state index >= 15 is 0 Å². The summed E-state index contributed by atoms with van der Waals surface area (Å²) in [5, 5.41) is 2.53. The van der Waals surface area contributed by atoms with Gasteiger partial charge in [0.15, 0.2) is 0 Å². The molecule has 0 saturated carbocycles. The number of ether oxygens (including phenoxy) is 2. The molecule has 2 amide bonds. The van der Waals surface area contributed by atoms with E-state index in [1.165, 1.54) is 7.11 Å². The van der Waals surface area contributed by atoms with Crippen molar-refractivity contribution in [3.05, 3.63) is 17.7 Å². The van der Waals surface area contributed by atoms with Gasteiger partial charge in [0.2, 0.25) is 0 Å². The van der Waals surface area contributed by atoms with E-state index in [2.05, 4.69) is 5.32 Å². The second-order valence-corrected chi connectivity index (χ2v) is 3.12. The first-order chi connectivity index (χ1) is 7.62. The van der Waals surface area contributed by atoms with E-state index in [-0.39, 0.29) is 0 Å². The summed E-state index contributed by atoms with van der Waals surface area (Å²) in [6.45, 7) is 1.88. The third kappa shape index (κ3) is 2.54. The first kappa shape index (κ1) is 12.1. The van der Waals surface area contributed by atoms with E-state index in [1.54, 1.807) is 19.2 Å². The van der Waals surface area contributed by atoms with Crippen LogP contribution in [0, 0.1) is 6.92 Å². The van der Waals surface area contributed by atoms with Crippen LogP contribution < -0.4 is 26.1 Å². The predicted molar refractivity (Wildman–Crippen MR) is 60.6 cm³/mol. The molecule has 0 saturated heterocycles. The number of nitrogens with one attached hydrogen (secondary N) is 2. The van der Waals surface area contributed by atoms with Gasteiger partial charge in [-0.25, -0.2) is 10.6 Å². The second kappa shape index (κ2) is 5.22. The monoisotopic (exact) mass is 225 g/mol. The number of anilines is 1. The molecule has 1 aromatic carbocycles. The number of amides is 2. The zero-order valence-electron chi connectivity index (χ0n) is 9.46. The maximum absolute atomic E-state index is 11.1. The molecule has 16 heavy (non-hydrogen) atoms. The third-order valence-corrected chi connectivity index (χ3v) is 2.10. The zero-order valence-corrected chi connectivity index (χ0v) is 9.46. The van der Waals surface area contributed by atoms with E-state index in [4.69, 9.17) is 15.3 Å². The molecule has 0 atom stereocenters. The van der Waals surface area contributed by atoms with Crippen molar-refractivity contribution in [2.45, 2.75) is 6.92 Å². The fourth-order valence-electron chi connectivity index (χ4n) is 1.31. The summed E-state index contributed by atoms with van der Waals surface area (Å²) < 4.78 is 10.3. The molecule has 0 radical (unpaired) electrons. The van der Waals surface area contributed by atoms with Crippen molar-refractivity contribution < 1.29 is 14.3 Å². The van der Waals surface area contributed by atoms with Crippen LogP contribution in [0.2, 0.25) is 0 Å². The van der Waals surface area contributed by atoms with Gasteiger partial charge in [-0.15, -0.1) is 0 Å². The number of carbonyl (C=O) groups excluding carboxylic acids is 1. The Balaban J connectivity index is 3.09. The summed E-state index contributed by atoms with van der Waals surface area (Å²) in [6, 6.07) is 2.91. The average molecular weight is 225 g/mol. The van der Waals surface area contributed by atoms with Gasteiger partial charge in [0.05, 0.1) is 19.9 Å². The molecule has 1 rings (SSSR count). The molecule has 6 heteroatoms. The van der Waals surface area contributed by atoms with Gasteiger partial charge in [0, 0.05) is 6.07 Å². The summed E-state index contributed by atoms with van der Waals surface area (Å²) >= 11 is 0. The van der Waals surface area contributed by atoms with E-state index < -0.39 is 6.03 Å². The molecule has 1 aromatic rings. The lowest BCUT2D eigenvalue weighted by Crippen LogP contribution is -2.34. The molecule has 0 fully saturated rings. The SMILES string of the molecule is COc1cc(NC(=O)NN)c(OC)cc1C. The van der Waals surface area contributed by atoms with Crippen molar-refractivity contribution >= 4 is 11.7 Å². The normalized spacial score (nSPS) is 9.50. The molecule has 0 spiro atoms. The van der Waals surface area contributed by atoms with Gasteiger partial charge in [0.25, 0.3) is 0 Å². The van der Waals surface area contributed by atoms with E-state index in [1.807, 2.05) is 12.3 Å². The lowest BCUT2D eigenvalue weighted by Gasteiger charge is -2.13. The number of hydrazine groups is 1. The molecule has 0 aliphatic carbocycles. The first-order valence-electron chi connectivity index (χ1n) is 4.62. The highest BCUT2D eigenvalue weighted by atomic mass is 16.5. The number of hydrogen-bond acceptors (Lipinski definition) is 4. The molecule has 0 aliphatic heterocycles. The van der Waals surface area contributed by atoms with Crippen LogP contribution in [0.25, 0.3) is 0 Å². The molecule has 4 N–H and O–H groups in total. The van der Waals surface area contributed by atoms with Crippen LogP contribution in [0.3, 0.4) is 0 Å². The average Bonchev–Trinajstić information content (AvgIpc) is 2.30. The van der Waals surface area contributed by atoms with Gasteiger partial charge in [-0.05, 0) is 18.6 Å². The summed E-state index contributed by atoms with van der Waals surface area (Å²) in [4.78, 5) is 11.1. The second-order valence-electron chi connectivity index (χ2n) is 3.12. The maximum atomic E-state index is 11.1. The van der Waals surface area contributed by atoms with Crippen molar-refractivity contribution in [1.82, 2.24) is 5.43 Å². The minimum Gasteiger partial charge on any atom is -0.496 e. The predicted octanol–water partition coefficient (Wildman–Crippen LogP) is 1.01. The number of carbonyl (C=O) groups is 1. The minimum absolute atomic E-state index is 0.493. The van der Waals surface area contributed by atoms with Crippen LogP contribution >= 0.6 is 0 Å². The Bertz CT molecular complexity index is 393. The van der Waals surface area contributed by atoms with Crippen LogP contribution in [0.1, 0.15) is 5.56 Å². The van der Waals surface area contributed by atoms with E-state index in [0.717, 1.165) is 5.56 Å². The highest BCUT2D eigenvalue weighted by Gasteiger charge is 2.10. The summed E-state index contributed by atoms with van der Waals surface area (Å²) in [7, 11) is 3.08. The highest BCUT2D eigenvalue weighted by molar-refractivity contribution is 5.91. The number of hydrogen-bond donors (Lipinski definition) is 3. The fraction of sp³-hybridized carbons (Fsp3) is 0.300. The summed E-state index contributed by atoms with van der Waals surface area (Å²) in [5.41, 5.74) is 3.38. The number of benzene rings is 1. The van der Waals surface area contributed by atoms with Gasteiger partial charge >= 0.3 is 6.03 Å². The Morgan fingerprint density at radius 1 is 1.25 bits per heavy atom. The Kier molecular flexibility index (Phi) is 3.96. The first-order valence-corrected chi connectivity index (χ1v) is 4.62. The van der Waals surface area contributed by atoms with Crippen LogP contribution in [-0.4, -0.2) is 20.3 Å². The van der Waals surface area contributed by atoms with Gasteiger partial charge in [-0.1, -0.05) is 0 Å². The standard InChI is InChI=1S/C10H15N3O3/c1-6-4-9(16-3)7(5-8(6)15-2)12-10(14)13-11/h4-5H,11H2,1-3H3,(H2,12,13,14). The molecule has 0 aromatic heterocycles. The number of rotatable bonds is 3. The number of urea groups is 1. The van der Waals surface area contributed by atoms with Crippen LogP contribution in [0.4, 0.5) is 10.5 Å². The largest absolute Gasteiger partial charge is 0.496 e. The van der Waals surface area contributed by atoms with Crippen molar-refractivity contribution in [3.63, 3.8) is 0 Å². The van der Waals surface area contributed by atoms with E-state index in [0.29, 0.717) is 17.2 Å². The van der Waals surface area contributed by atoms with Gasteiger partial charge < -0.3 is 14.8 Å². The lowest BCUT2D eigenvalue weighted by molar-refractivity contribution is 0.252. The van der Waals surface area contributed by atoms with Crippen molar-refractivity contribution in [2.75, 3.05) is 19.5 Å². The molecular formula is C10H15N3O3. The Labute approximate surface area is 93.7 Å².